The third-order valence-electron chi connectivity index (χ3n) is 4.71. The van der Waals surface area contributed by atoms with Crippen molar-refractivity contribution in [1.29, 1.82) is 0 Å². The number of likely N-dealkylation sites (tertiary alicyclic amines) is 1. The number of anilines is 1. The van der Waals surface area contributed by atoms with Crippen LogP contribution in [0.1, 0.15) is 23.2 Å². The number of ether oxygens (including phenoxy) is 1. The van der Waals surface area contributed by atoms with Crippen LogP contribution in [0.15, 0.2) is 11.0 Å². The van der Waals surface area contributed by atoms with Gasteiger partial charge in [-0.25, -0.2) is 4.98 Å². The van der Waals surface area contributed by atoms with Gasteiger partial charge in [-0.15, -0.1) is 5.10 Å². The van der Waals surface area contributed by atoms with Gasteiger partial charge < -0.3 is 19.9 Å². The highest BCUT2D eigenvalue weighted by Crippen LogP contribution is 2.21. The van der Waals surface area contributed by atoms with Gasteiger partial charge in [0.25, 0.3) is 11.5 Å². The molecule has 4 rings (SSSR count). The van der Waals surface area contributed by atoms with E-state index >= 15 is 0 Å². The molecule has 0 bridgehead atoms. The zero-order valence-corrected chi connectivity index (χ0v) is 15.3. The molecule has 0 unspecified atom stereocenters. The number of nitrogens with one attached hydrogen (secondary N) is 1. The largest absolute Gasteiger partial charge is 0.378 e. The molecule has 4 heterocycles. The lowest BCUT2D eigenvalue weighted by Gasteiger charge is -2.25. The second-order valence-corrected chi connectivity index (χ2v) is 7.39. The zero-order valence-electron chi connectivity index (χ0n) is 14.5. The SMILES string of the molecule is O=C(NCCN1CCCC1)c1cnc2sc(N3CCOCC3)nn2c1=O. The van der Waals surface area contributed by atoms with E-state index in [1.807, 2.05) is 0 Å². The Hall–Kier alpha value is -2.04. The van der Waals surface area contributed by atoms with E-state index in [9.17, 15) is 9.59 Å². The molecule has 2 aromatic rings. The molecule has 2 aliphatic rings. The maximum Gasteiger partial charge on any atom is 0.288 e. The topological polar surface area (TPSA) is 92.1 Å². The van der Waals surface area contributed by atoms with Crippen molar-refractivity contribution in [1.82, 2.24) is 24.8 Å². The van der Waals surface area contributed by atoms with E-state index in [-0.39, 0.29) is 5.56 Å². The number of fused-ring (bicyclic) bond motifs is 1. The molecule has 2 saturated heterocycles. The van der Waals surface area contributed by atoms with Crippen LogP contribution in [0.25, 0.3) is 4.96 Å². The summed E-state index contributed by atoms with van der Waals surface area (Å²) in [5, 5.41) is 7.91. The standard InChI is InChI=1S/C16H22N6O3S/c23-13(17-3-6-20-4-1-2-5-20)12-11-18-15-22(14(12)24)19-16(26-15)21-7-9-25-10-8-21/h11H,1-10H2,(H,17,23). The fourth-order valence-corrected chi connectivity index (χ4v) is 4.16. The first-order chi connectivity index (χ1) is 12.7. The molecule has 2 fully saturated rings. The van der Waals surface area contributed by atoms with Crippen molar-refractivity contribution in [3.05, 3.63) is 22.1 Å². The minimum Gasteiger partial charge on any atom is -0.378 e. The summed E-state index contributed by atoms with van der Waals surface area (Å²) in [5.41, 5.74) is -0.396. The molecule has 0 radical (unpaired) electrons. The molecule has 0 atom stereocenters. The van der Waals surface area contributed by atoms with Gasteiger partial charge in [0, 0.05) is 32.4 Å². The van der Waals surface area contributed by atoms with E-state index < -0.39 is 11.5 Å². The lowest BCUT2D eigenvalue weighted by Crippen LogP contribution is -2.37. The molecule has 9 nitrogen and oxygen atoms in total. The summed E-state index contributed by atoms with van der Waals surface area (Å²) in [6.07, 6.45) is 3.78. The number of rotatable bonds is 5. The lowest BCUT2D eigenvalue weighted by molar-refractivity contribution is 0.0947. The van der Waals surface area contributed by atoms with Gasteiger partial charge in [0.2, 0.25) is 10.1 Å². The fraction of sp³-hybridized carbons (Fsp3) is 0.625. The average molecular weight is 378 g/mol. The normalized spacial score (nSPS) is 18.5. The highest BCUT2D eigenvalue weighted by molar-refractivity contribution is 7.20. The quantitative estimate of drug-likeness (QED) is 0.771. The van der Waals surface area contributed by atoms with Gasteiger partial charge in [0.15, 0.2) is 0 Å². The van der Waals surface area contributed by atoms with Crippen molar-refractivity contribution in [2.24, 2.45) is 0 Å². The third-order valence-corrected chi connectivity index (χ3v) is 5.70. The predicted octanol–water partition coefficient (Wildman–Crippen LogP) is -0.187. The number of nitrogens with zero attached hydrogens (tertiary/aromatic N) is 5. The Morgan fingerprint density at radius 1 is 1.23 bits per heavy atom. The minimum atomic E-state index is -0.426. The van der Waals surface area contributed by atoms with Crippen LogP contribution in [0.3, 0.4) is 0 Å². The maximum atomic E-state index is 12.6. The predicted molar refractivity (Wildman–Crippen MR) is 98.2 cm³/mol. The van der Waals surface area contributed by atoms with Crippen molar-refractivity contribution < 1.29 is 9.53 Å². The molecule has 1 N–H and O–H groups in total. The van der Waals surface area contributed by atoms with Crippen molar-refractivity contribution in [3.8, 4) is 0 Å². The van der Waals surface area contributed by atoms with Gasteiger partial charge in [-0.3, -0.25) is 9.59 Å². The second-order valence-electron chi connectivity index (χ2n) is 6.46. The van der Waals surface area contributed by atoms with Gasteiger partial charge in [-0.1, -0.05) is 11.3 Å². The lowest BCUT2D eigenvalue weighted by atomic mass is 10.3. The van der Waals surface area contributed by atoms with Crippen molar-refractivity contribution >= 4 is 27.3 Å². The number of aromatic nitrogens is 3. The Morgan fingerprint density at radius 2 is 2.00 bits per heavy atom. The summed E-state index contributed by atoms with van der Waals surface area (Å²) < 4.78 is 6.57. The van der Waals surface area contributed by atoms with E-state index in [0.29, 0.717) is 24.7 Å². The summed E-state index contributed by atoms with van der Waals surface area (Å²) >= 11 is 1.35. The van der Waals surface area contributed by atoms with Gasteiger partial charge in [0.05, 0.1) is 13.2 Å². The van der Waals surface area contributed by atoms with Crippen LogP contribution in [-0.2, 0) is 4.74 Å². The molecule has 0 aliphatic carbocycles. The molecule has 0 saturated carbocycles. The summed E-state index contributed by atoms with van der Waals surface area (Å²) in [6.45, 7) is 6.24. The Kier molecular flexibility index (Phi) is 5.14. The molecule has 0 spiro atoms. The molecule has 0 aromatic carbocycles. The van der Waals surface area contributed by atoms with Crippen molar-refractivity contribution in [2.75, 3.05) is 57.4 Å². The fourth-order valence-electron chi connectivity index (χ4n) is 3.24. The molecule has 140 valence electrons. The summed E-state index contributed by atoms with van der Waals surface area (Å²) in [7, 11) is 0. The maximum absolute atomic E-state index is 12.6. The van der Waals surface area contributed by atoms with E-state index in [0.717, 1.165) is 37.9 Å². The first-order valence-corrected chi connectivity index (χ1v) is 9.76. The van der Waals surface area contributed by atoms with Crippen LogP contribution in [0, 0.1) is 0 Å². The number of hydrogen-bond acceptors (Lipinski definition) is 8. The van der Waals surface area contributed by atoms with Crippen LogP contribution in [0.5, 0.6) is 0 Å². The monoisotopic (exact) mass is 378 g/mol. The van der Waals surface area contributed by atoms with Crippen LogP contribution >= 0.6 is 11.3 Å². The van der Waals surface area contributed by atoms with Crippen LogP contribution in [0.4, 0.5) is 5.13 Å². The summed E-state index contributed by atoms with van der Waals surface area (Å²) in [4.78, 5) is 34.1. The zero-order chi connectivity index (χ0) is 17.9. The Morgan fingerprint density at radius 3 is 2.77 bits per heavy atom. The molecule has 10 heteroatoms. The highest BCUT2D eigenvalue weighted by atomic mass is 32.1. The number of morpholine rings is 1. The number of hydrogen-bond donors (Lipinski definition) is 1. The molecule has 26 heavy (non-hydrogen) atoms. The molecular formula is C16H22N6O3S. The molecule has 2 aromatic heterocycles. The minimum absolute atomic E-state index is 0.0303. The number of amides is 1. The number of carbonyl (C=O) groups excluding carboxylic acids is 1. The van der Waals surface area contributed by atoms with Crippen LogP contribution in [-0.4, -0.2) is 77.9 Å². The van der Waals surface area contributed by atoms with Gasteiger partial charge in [0.1, 0.15) is 5.56 Å². The second kappa shape index (κ2) is 7.68. The number of carbonyl (C=O) groups is 1. The van der Waals surface area contributed by atoms with Gasteiger partial charge >= 0.3 is 0 Å². The Bertz CT molecular complexity index is 838. The van der Waals surface area contributed by atoms with Crippen molar-refractivity contribution in [2.45, 2.75) is 12.8 Å². The first kappa shape index (κ1) is 17.4. The first-order valence-electron chi connectivity index (χ1n) is 8.94. The Labute approximate surface area is 154 Å². The van der Waals surface area contributed by atoms with E-state index in [4.69, 9.17) is 4.74 Å². The van der Waals surface area contributed by atoms with Crippen LogP contribution < -0.4 is 15.8 Å². The van der Waals surface area contributed by atoms with Gasteiger partial charge in [-0.05, 0) is 25.9 Å². The van der Waals surface area contributed by atoms with Gasteiger partial charge in [-0.2, -0.15) is 4.52 Å². The molecular weight excluding hydrogens is 356 g/mol. The van der Waals surface area contributed by atoms with Crippen molar-refractivity contribution in [3.63, 3.8) is 0 Å². The summed E-state index contributed by atoms with van der Waals surface area (Å²) in [5.74, 6) is -0.392. The highest BCUT2D eigenvalue weighted by Gasteiger charge is 2.20. The Balaban J connectivity index is 1.47. The third kappa shape index (κ3) is 3.57. The smallest absolute Gasteiger partial charge is 0.288 e. The average Bonchev–Trinajstić information content (AvgIpc) is 3.32. The molecule has 2 aliphatic heterocycles. The van der Waals surface area contributed by atoms with Crippen LogP contribution in [0.2, 0.25) is 0 Å². The summed E-state index contributed by atoms with van der Waals surface area (Å²) in [6, 6.07) is 0. The molecule has 1 amide bonds. The van der Waals surface area contributed by atoms with E-state index in [1.165, 1.54) is 34.9 Å². The van der Waals surface area contributed by atoms with E-state index in [1.54, 1.807) is 0 Å². The van der Waals surface area contributed by atoms with E-state index in [2.05, 4.69) is 25.2 Å².